The first-order chi connectivity index (χ1) is 22.5. The first-order valence-corrected chi connectivity index (χ1v) is 16.1. The van der Waals surface area contributed by atoms with Crippen molar-refractivity contribution in [3.8, 4) is 6.07 Å². The van der Waals surface area contributed by atoms with Gasteiger partial charge in [-0.3, -0.25) is 9.88 Å². The third-order valence-electron chi connectivity index (χ3n) is 8.58. The number of pyridine rings is 1. The Morgan fingerprint density at radius 2 is 1.72 bits per heavy atom. The highest BCUT2D eigenvalue weighted by Crippen LogP contribution is 2.37. The second-order valence-corrected chi connectivity index (χ2v) is 13.5. The Kier molecular flexibility index (Phi) is 9.33. The summed E-state index contributed by atoms with van der Waals surface area (Å²) in [4.78, 5) is 6.93. The molecule has 2 aromatic heterocycles. The number of hydrogen-bond acceptors (Lipinski definition) is 7. The van der Waals surface area contributed by atoms with Gasteiger partial charge in [-0.25, -0.2) is 13.5 Å². The van der Waals surface area contributed by atoms with Crippen LogP contribution in [0.3, 0.4) is 0 Å². The summed E-state index contributed by atoms with van der Waals surface area (Å²) in [6, 6.07) is 19.0. The molecule has 0 unspecified atom stereocenters. The molecule has 5 aromatic rings. The molecular weight excluding hydrogens is 641 g/mol. The van der Waals surface area contributed by atoms with Gasteiger partial charge in [0.2, 0.25) is 0 Å². The Morgan fingerprint density at radius 1 is 0.979 bits per heavy atom. The molecule has 6 rings (SSSR count). The van der Waals surface area contributed by atoms with Gasteiger partial charge < -0.3 is 10.6 Å². The van der Waals surface area contributed by atoms with E-state index < -0.39 is 12.5 Å². The lowest BCUT2D eigenvalue weighted by atomic mass is 9.98. The Bertz CT molecular complexity index is 1920. The van der Waals surface area contributed by atoms with E-state index in [4.69, 9.17) is 23.2 Å². The van der Waals surface area contributed by atoms with Crippen LogP contribution in [0.4, 0.5) is 25.8 Å². The lowest BCUT2D eigenvalue weighted by Gasteiger charge is -2.40. The van der Waals surface area contributed by atoms with Crippen molar-refractivity contribution in [3.63, 3.8) is 0 Å². The van der Waals surface area contributed by atoms with E-state index in [1.807, 2.05) is 41.2 Å². The number of piperidine rings is 1. The number of anilines is 3. The molecule has 1 aliphatic heterocycles. The maximum atomic E-state index is 13.4. The number of alkyl halides is 2. The van der Waals surface area contributed by atoms with Gasteiger partial charge >= 0.3 is 0 Å². The van der Waals surface area contributed by atoms with Crippen molar-refractivity contribution in [2.75, 3.05) is 23.7 Å². The van der Waals surface area contributed by atoms with E-state index in [-0.39, 0.29) is 22.7 Å². The predicted molar refractivity (Wildman–Crippen MR) is 183 cm³/mol. The third kappa shape index (κ3) is 7.18. The van der Waals surface area contributed by atoms with Crippen LogP contribution in [-0.2, 0) is 0 Å². The van der Waals surface area contributed by atoms with Gasteiger partial charge in [0.1, 0.15) is 11.8 Å². The van der Waals surface area contributed by atoms with Gasteiger partial charge in [0.05, 0.1) is 40.1 Å². The summed E-state index contributed by atoms with van der Waals surface area (Å²) in [5, 5.41) is 27.3. The van der Waals surface area contributed by atoms with Crippen LogP contribution in [0, 0.1) is 11.3 Å². The highest BCUT2D eigenvalue weighted by atomic mass is 35.5. The molecule has 12 heteroatoms. The number of rotatable bonds is 8. The largest absolute Gasteiger partial charge is 0.373 e. The minimum absolute atomic E-state index is 0.123. The summed E-state index contributed by atoms with van der Waals surface area (Å²) in [6.45, 7) is 8.69. The zero-order valence-electron chi connectivity index (χ0n) is 26.2. The monoisotopic (exact) mass is 674 g/mol. The van der Waals surface area contributed by atoms with Gasteiger partial charge in [0.15, 0.2) is 0 Å². The average molecular weight is 676 g/mol. The molecule has 2 N–H and O–H groups in total. The normalized spacial score (nSPS) is 15.1. The molecule has 1 aliphatic rings. The molecule has 0 amide bonds. The van der Waals surface area contributed by atoms with E-state index in [9.17, 15) is 14.0 Å². The molecule has 1 fully saturated rings. The lowest BCUT2D eigenvalue weighted by Crippen LogP contribution is -2.46. The van der Waals surface area contributed by atoms with Crippen LogP contribution in [0.2, 0.25) is 10.0 Å². The molecule has 0 radical (unpaired) electrons. The van der Waals surface area contributed by atoms with Crippen molar-refractivity contribution in [2.24, 2.45) is 0 Å². The number of benzene rings is 3. The van der Waals surface area contributed by atoms with Gasteiger partial charge in [-0.1, -0.05) is 52.7 Å². The van der Waals surface area contributed by atoms with Crippen LogP contribution in [0.5, 0.6) is 0 Å². The van der Waals surface area contributed by atoms with E-state index in [2.05, 4.69) is 57.7 Å². The van der Waals surface area contributed by atoms with E-state index in [0.29, 0.717) is 43.7 Å². The molecule has 0 bridgehead atoms. The van der Waals surface area contributed by atoms with Gasteiger partial charge in [-0.15, -0.1) is 5.10 Å². The van der Waals surface area contributed by atoms with E-state index in [1.54, 1.807) is 12.1 Å². The Morgan fingerprint density at radius 3 is 2.40 bits per heavy atom. The molecular formula is C35H34Cl2F2N8. The molecule has 0 spiro atoms. The molecule has 3 heterocycles. The first-order valence-electron chi connectivity index (χ1n) is 15.4. The number of hydrogen-bond donors (Lipinski definition) is 2. The molecule has 0 saturated carbocycles. The number of nitrogens with zero attached hydrogens (tertiary/aromatic N) is 6. The number of nitriles is 1. The standard InChI is InChI=1S/C35H34Cl2F2N8/c1-35(2,3)46-13-11-27(12-14-46)47-20-30(44-45-47)32(21-7-9-24(36)10-8-21)43-26-16-28-31(23(18-40)19-41-33(28)29(37)17-26)42-25-6-4-5-22(15-25)34(38)39/h4-10,15-17,19-20,27,32,34,43H,11-14H2,1-3H3,(H,41,42)/t32-/m0/s1. The molecule has 1 atom stereocenters. The van der Waals surface area contributed by atoms with Crippen LogP contribution in [0.1, 0.15) is 74.5 Å². The SMILES string of the molecule is CC(C)(C)N1CCC(n2cc([C@@H](Nc3cc(Cl)c4ncc(C#N)c(Nc5cccc(C(F)F)c5)c4c3)c3ccc(Cl)cc3)nn2)CC1. The lowest BCUT2D eigenvalue weighted by molar-refractivity contribution is 0.0866. The number of nitrogens with one attached hydrogen (secondary N) is 2. The van der Waals surface area contributed by atoms with Crippen LogP contribution in [-0.4, -0.2) is 43.5 Å². The fraction of sp³-hybridized carbons (Fsp3) is 0.314. The Balaban J connectivity index is 1.36. The molecule has 242 valence electrons. The maximum Gasteiger partial charge on any atom is 0.263 e. The summed E-state index contributed by atoms with van der Waals surface area (Å²) < 4.78 is 28.8. The second-order valence-electron chi connectivity index (χ2n) is 12.7. The number of halogens is 4. The topological polar surface area (TPSA) is 94.7 Å². The van der Waals surface area contributed by atoms with E-state index in [1.165, 1.54) is 24.4 Å². The number of fused-ring (bicyclic) bond motifs is 1. The minimum Gasteiger partial charge on any atom is -0.373 e. The zero-order chi connectivity index (χ0) is 33.3. The summed E-state index contributed by atoms with van der Waals surface area (Å²) in [6.07, 6.45) is 2.73. The van der Waals surface area contributed by atoms with E-state index in [0.717, 1.165) is 31.5 Å². The van der Waals surface area contributed by atoms with Crippen molar-refractivity contribution < 1.29 is 8.78 Å². The smallest absolute Gasteiger partial charge is 0.263 e. The van der Waals surface area contributed by atoms with Gasteiger partial charge in [-0.2, -0.15) is 5.26 Å². The van der Waals surface area contributed by atoms with Crippen LogP contribution >= 0.6 is 23.2 Å². The second kappa shape index (κ2) is 13.4. The van der Waals surface area contributed by atoms with Crippen LogP contribution < -0.4 is 10.6 Å². The molecule has 47 heavy (non-hydrogen) atoms. The fourth-order valence-electron chi connectivity index (χ4n) is 6.01. The minimum atomic E-state index is -2.63. The highest BCUT2D eigenvalue weighted by Gasteiger charge is 2.29. The van der Waals surface area contributed by atoms with Gasteiger partial charge in [0, 0.05) is 52.2 Å². The first kappa shape index (κ1) is 32.6. The third-order valence-corrected chi connectivity index (χ3v) is 9.12. The zero-order valence-corrected chi connectivity index (χ0v) is 27.7. The summed E-state index contributed by atoms with van der Waals surface area (Å²) in [5.74, 6) is 0. The van der Waals surface area contributed by atoms with Crippen molar-refractivity contribution in [1.29, 1.82) is 5.26 Å². The van der Waals surface area contributed by atoms with Crippen LogP contribution in [0.25, 0.3) is 10.9 Å². The quantitative estimate of drug-likeness (QED) is 0.169. The molecule has 8 nitrogen and oxygen atoms in total. The highest BCUT2D eigenvalue weighted by molar-refractivity contribution is 6.36. The summed E-state index contributed by atoms with van der Waals surface area (Å²) in [7, 11) is 0. The van der Waals surface area contributed by atoms with Crippen molar-refractivity contribution in [3.05, 3.63) is 105 Å². The van der Waals surface area contributed by atoms with E-state index >= 15 is 0 Å². The van der Waals surface area contributed by atoms with Crippen molar-refractivity contribution in [1.82, 2.24) is 24.9 Å². The number of aromatic nitrogens is 4. The van der Waals surface area contributed by atoms with Gasteiger partial charge in [0.25, 0.3) is 6.43 Å². The molecule has 1 saturated heterocycles. The summed E-state index contributed by atoms with van der Waals surface area (Å²) >= 11 is 13.0. The fourth-order valence-corrected chi connectivity index (χ4v) is 6.41. The molecule has 3 aromatic carbocycles. The van der Waals surface area contributed by atoms with Crippen LogP contribution in [0.15, 0.2) is 73.1 Å². The molecule has 0 aliphatic carbocycles. The average Bonchev–Trinajstić information content (AvgIpc) is 3.54. The van der Waals surface area contributed by atoms with Crippen molar-refractivity contribution in [2.45, 2.75) is 57.7 Å². The maximum absolute atomic E-state index is 13.4. The van der Waals surface area contributed by atoms with Gasteiger partial charge in [-0.05, 0) is 75.6 Å². The Hall–Kier alpha value is -4.30. The summed E-state index contributed by atoms with van der Waals surface area (Å²) in [5.41, 5.74) is 3.76. The number of likely N-dealkylation sites (tertiary alicyclic amines) is 1. The van der Waals surface area contributed by atoms with Crippen molar-refractivity contribution >= 4 is 51.2 Å². The Labute approximate surface area is 282 Å². The predicted octanol–water partition coefficient (Wildman–Crippen LogP) is 9.32.